The maximum atomic E-state index is 12.6. The van der Waals surface area contributed by atoms with Gasteiger partial charge >= 0.3 is 11.9 Å². The molecule has 0 spiro atoms. The lowest BCUT2D eigenvalue weighted by Crippen LogP contribution is -2.51. The largest absolute Gasteiger partial charge is 0.469 e. The van der Waals surface area contributed by atoms with E-state index in [4.69, 9.17) is 9.47 Å². The number of methoxy groups -OCH3 is 2. The first kappa shape index (κ1) is 24.2. The molecule has 0 rings (SSSR count). The Bertz CT molecular complexity index is 400. The van der Waals surface area contributed by atoms with Crippen molar-refractivity contribution < 1.29 is 19.1 Å². The number of rotatable bonds is 7. The molecule has 4 nitrogen and oxygen atoms in total. The van der Waals surface area contributed by atoms with Gasteiger partial charge in [0.1, 0.15) is 0 Å². The van der Waals surface area contributed by atoms with Crippen molar-refractivity contribution in [3.63, 3.8) is 0 Å². The highest BCUT2D eigenvalue weighted by molar-refractivity contribution is 5.81. The van der Waals surface area contributed by atoms with E-state index in [1.165, 1.54) is 14.2 Å². The van der Waals surface area contributed by atoms with Gasteiger partial charge in [0.25, 0.3) is 0 Å². The third-order valence-electron chi connectivity index (χ3n) is 6.10. The predicted octanol–water partition coefficient (Wildman–Crippen LogP) is 4.57. The third kappa shape index (κ3) is 4.48. The topological polar surface area (TPSA) is 52.6 Å². The minimum absolute atomic E-state index is 0. The van der Waals surface area contributed by atoms with Gasteiger partial charge in [-0.05, 0) is 44.4 Å². The van der Waals surface area contributed by atoms with Crippen LogP contribution in [-0.4, -0.2) is 26.2 Å². The molecule has 23 heavy (non-hydrogen) atoms. The van der Waals surface area contributed by atoms with Crippen LogP contribution in [0.5, 0.6) is 0 Å². The Hall–Kier alpha value is -1.06. The molecule has 4 unspecified atom stereocenters. The molecule has 4 heteroatoms. The SMILES string of the molecule is C.COC(=O)C(C)(C)C(C)C(C)(C(=O)OC)C(C)C(C)C(C)C. The van der Waals surface area contributed by atoms with Gasteiger partial charge in [0.05, 0.1) is 25.0 Å². The van der Waals surface area contributed by atoms with Gasteiger partial charge in [-0.25, -0.2) is 0 Å². The second kappa shape index (κ2) is 8.70. The first-order valence-electron chi connectivity index (χ1n) is 8.05. The number of carbonyl (C=O) groups excluding carboxylic acids is 2. The summed E-state index contributed by atoms with van der Waals surface area (Å²) in [5, 5.41) is 0. The normalized spacial score (nSPS) is 18.2. The summed E-state index contributed by atoms with van der Waals surface area (Å²) in [4.78, 5) is 24.8. The highest BCUT2D eigenvalue weighted by atomic mass is 16.5. The molecule has 0 heterocycles. The average Bonchev–Trinajstić information content (AvgIpc) is 2.49. The molecule has 0 amide bonds. The van der Waals surface area contributed by atoms with Gasteiger partial charge in [-0.2, -0.15) is 0 Å². The fourth-order valence-electron chi connectivity index (χ4n) is 3.29. The second-order valence-electron chi connectivity index (χ2n) is 7.60. The monoisotopic (exact) mass is 330 g/mol. The van der Waals surface area contributed by atoms with Crippen LogP contribution in [0.25, 0.3) is 0 Å². The molecular weight excluding hydrogens is 292 g/mol. The lowest BCUT2D eigenvalue weighted by atomic mass is 9.56. The standard InChI is InChI=1S/C18H34O4.CH4/c1-11(2)12(3)13(4)18(8,16(20)22-10)14(5)17(6,7)15(19)21-9;/h11-14H,1-10H3;1H4. The van der Waals surface area contributed by atoms with Crippen molar-refractivity contribution in [2.24, 2.45) is 34.5 Å². The van der Waals surface area contributed by atoms with Crippen LogP contribution in [0.4, 0.5) is 0 Å². The van der Waals surface area contributed by atoms with E-state index in [1.807, 2.05) is 27.7 Å². The van der Waals surface area contributed by atoms with E-state index < -0.39 is 10.8 Å². The Morgan fingerprint density at radius 1 is 0.826 bits per heavy atom. The summed E-state index contributed by atoms with van der Waals surface area (Å²) in [5.41, 5.74) is -1.54. The summed E-state index contributed by atoms with van der Waals surface area (Å²) in [6.07, 6.45) is 0. The Morgan fingerprint density at radius 3 is 1.52 bits per heavy atom. The molecule has 0 N–H and O–H groups in total. The van der Waals surface area contributed by atoms with Gasteiger partial charge in [0, 0.05) is 0 Å². The van der Waals surface area contributed by atoms with Crippen LogP contribution in [0.15, 0.2) is 0 Å². The molecule has 0 aromatic carbocycles. The number of hydrogen-bond donors (Lipinski definition) is 0. The van der Waals surface area contributed by atoms with Gasteiger partial charge in [-0.15, -0.1) is 0 Å². The molecule has 0 radical (unpaired) electrons. The minimum Gasteiger partial charge on any atom is -0.469 e. The quantitative estimate of drug-likeness (QED) is 0.642. The Kier molecular flexibility index (Phi) is 9.15. The fraction of sp³-hybridized carbons (Fsp3) is 0.895. The fourth-order valence-corrected chi connectivity index (χ4v) is 3.29. The van der Waals surface area contributed by atoms with Crippen molar-refractivity contribution in [2.75, 3.05) is 14.2 Å². The van der Waals surface area contributed by atoms with E-state index in [1.54, 1.807) is 0 Å². The lowest BCUT2D eigenvalue weighted by Gasteiger charge is -2.46. The van der Waals surface area contributed by atoms with Crippen molar-refractivity contribution >= 4 is 11.9 Å². The first-order valence-corrected chi connectivity index (χ1v) is 8.05. The summed E-state index contributed by atoms with van der Waals surface area (Å²) in [7, 11) is 2.79. The molecule has 0 aromatic rings. The first-order chi connectivity index (χ1) is 9.88. The van der Waals surface area contributed by atoms with E-state index in [-0.39, 0.29) is 31.2 Å². The van der Waals surface area contributed by atoms with Gasteiger partial charge in [-0.3, -0.25) is 9.59 Å². The second-order valence-corrected chi connectivity index (χ2v) is 7.60. The summed E-state index contributed by atoms with van der Waals surface area (Å²) in [6.45, 7) is 16.0. The van der Waals surface area contributed by atoms with Gasteiger partial charge < -0.3 is 9.47 Å². The van der Waals surface area contributed by atoms with Crippen molar-refractivity contribution in [3.8, 4) is 0 Å². The van der Waals surface area contributed by atoms with Crippen molar-refractivity contribution in [1.29, 1.82) is 0 Å². The Balaban J connectivity index is 0. The third-order valence-corrected chi connectivity index (χ3v) is 6.10. The van der Waals surface area contributed by atoms with Crippen LogP contribution in [0.3, 0.4) is 0 Å². The molecule has 0 saturated heterocycles. The molecule has 0 aliphatic rings. The molecule has 0 saturated carbocycles. The molecule has 0 aromatic heterocycles. The van der Waals surface area contributed by atoms with E-state index in [9.17, 15) is 9.59 Å². The zero-order chi connectivity index (χ0) is 17.9. The van der Waals surface area contributed by atoms with Crippen LogP contribution in [0.1, 0.15) is 62.8 Å². The van der Waals surface area contributed by atoms with E-state index in [2.05, 4.69) is 27.7 Å². The van der Waals surface area contributed by atoms with Crippen LogP contribution < -0.4 is 0 Å². The zero-order valence-electron chi connectivity index (χ0n) is 15.9. The molecule has 0 fully saturated rings. The number of ether oxygens (including phenoxy) is 2. The molecule has 4 atom stereocenters. The Morgan fingerprint density at radius 2 is 1.22 bits per heavy atom. The van der Waals surface area contributed by atoms with Crippen molar-refractivity contribution in [1.82, 2.24) is 0 Å². The summed E-state index contributed by atoms with van der Waals surface area (Å²) in [6, 6.07) is 0. The van der Waals surface area contributed by atoms with Crippen LogP contribution in [-0.2, 0) is 19.1 Å². The highest BCUT2D eigenvalue weighted by Crippen LogP contribution is 2.49. The van der Waals surface area contributed by atoms with Gasteiger partial charge in [0.15, 0.2) is 0 Å². The lowest BCUT2D eigenvalue weighted by molar-refractivity contribution is -0.172. The maximum Gasteiger partial charge on any atom is 0.312 e. The zero-order valence-corrected chi connectivity index (χ0v) is 15.9. The molecular formula is C19H38O4. The summed E-state index contributed by atoms with van der Waals surface area (Å²) >= 11 is 0. The van der Waals surface area contributed by atoms with Crippen molar-refractivity contribution in [2.45, 2.75) is 62.8 Å². The number of hydrogen-bond acceptors (Lipinski definition) is 4. The van der Waals surface area contributed by atoms with Crippen LogP contribution >= 0.6 is 0 Å². The van der Waals surface area contributed by atoms with Crippen LogP contribution in [0, 0.1) is 34.5 Å². The van der Waals surface area contributed by atoms with E-state index >= 15 is 0 Å². The van der Waals surface area contributed by atoms with E-state index in [0.717, 1.165) is 0 Å². The number of carbonyl (C=O) groups is 2. The number of esters is 2. The Labute approximate surface area is 143 Å². The van der Waals surface area contributed by atoms with Gasteiger partial charge in [-0.1, -0.05) is 42.0 Å². The summed E-state index contributed by atoms with van der Waals surface area (Å²) in [5.74, 6) is 0.0268. The van der Waals surface area contributed by atoms with Gasteiger partial charge in [0.2, 0.25) is 0 Å². The summed E-state index contributed by atoms with van der Waals surface area (Å²) < 4.78 is 10.0. The molecule has 0 aliphatic heterocycles. The predicted molar refractivity (Wildman–Crippen MR) is 95.0 cm³/mol. The van der Waals surface area contributed by atoms with E-state index in [0.29, 0.717) is 11.8 Å². The van der Waals surface area contributed by atoms with Crippen molar-refractivity contribution in [3.05, 3.63) is 0 Å². The minimum atomic E-state index is -0.775. The van der Waals surface area contributed by atoms with Crippen LogP contribution in [0.2, 0.25) is 0 Å². The maximum absolute atomic E-state index is 12.6. The molecule has 0 bridgehead atoms. The smallest absolute Gasteiger partial charge is 0.312 e. The molecule has 138 valence electrons. The molecule has 0 aliphatic carbocycles. The highest BCUT2D eigenvalue weighted by Gasteiger charge is 2.54. The average molecular weight is 331 g/mol.